The number of likely N-dealkylation sites (tertiary alicyclic amines) is 2. The lowest BCUT2D eigenvalue weighted by Crippen LogP contribution is -2.36. The first-order valence-corrected chi connectivity index (χ1v) is 33.0. The van der Waals surface area contributed by atoms with Gasteiger partial charge in [-0.3, -0.25) is 9.59 Å². The Kier molecular flexibility index (Phi) is 21.7. The fourth-order valence-corrected chi connectivity index (χ4v) is 11.7. The van der Waals surface area contributed by atoms with E-state index in [0.717, 1.165) is 125 Å². The number of carboxylic acids is 1. The Balaban J connectivity index is 0.000000140. The minimum absolute atomic E-state index is 0.0588. The van der Waals surface area contributed by atoms with Gasteiger partial charge in [0.15, 0.2) is 50.9 Å². The molecule has 0 spiro atoms. The molecule has 98 heavy (non-hydrogen) atoms. The molecular weight excluding hydrogens is 1240 g/mol. The molecule has 0 saturated carbocycles. The summed E-state index contributed by atoms with van der Waals surface area (Å²) in [5.74, 6) is 6.00. The van der Waals surface area contributed by atoms with Gasteiger partial charge in [0.2, 0.25) is 5.91 Å². The average molecular weight is 1330 g/mol. The van der Waals surface area contributed by atoms with Crippen LogP contribution in [0.15, 0.2) is 117 Å². The summed E-state index contributed by atoms with van der Waals surface area (Å²) in [6, 6.07) is 19.5. The van der Waals surface area contributed by atoms with E-state index in [1.165, 1.54) is 6.33 Å². The molecule has 3 unspecified atom stereocenters. The van der Waals surface area contributed by atoms with Crippen molar-refractivity contribution in [2.75, 3.05) is 55.2 Å². The zero-order valence-corrected chi connectivity index (χ0v) is 56.6. The predicted molar refractivity (Wildman–Crippen MR) is 372 cm³/mol. The molecule has 2 amide bonds. The second-order valence-electron chi connectivity index (χ2n) is 24.9. The molecule has 12 heterocycles. The Bertz CT molecular complexity index is 4500. The Hall–Kier alpha value is -11.1. The molecule has 2 aromatic carbocycles. The van der Waals surface area contributed by atoms with Crippen LogP contribution < -0.4 is 21.3 Å². The Morgan fingerprint density at radius 2 is 0.888 bits per heavy atom. The SMILES string of the molecule is CCn1c(-c2cnc(C)nc2)nc2c(NC3CCN(C(=O)Cc4ccccc4)C3)ncnc21.CCn1c(-c2cnc(C)nc2)nc2c(NC3CCN(C(=O)OC(C)(C)C)C3)ncnc21.CCn1c(-c2cnc(C)nc2)nc2c(NC3CCNC3)ncnc21.O=C(O)Cc1ccccc1. The molecule has 29 heteroatoms. The van der Waals surface area contributed by atoms with Gasteiger partial charge in [0, 0.05) is 108 Å². The van der Waals surface area contributed by atoms with Gasteiger partial charge in [-0.05, 0) is 99.2 Å². The largest absolute Gasteiger partial charge is 0.481 e. The van der Waals surface area contributed by atoms with Crippen LogP contribution in [0.25, 0.3) is 67.7 Å². The monoisotopic (exact) mass is 1330 g/mol. The second-order valence-corrected chi connectivity index (χ2v) is 24.9. The van der Waals surface area contributed by atoms with Gasteiger partial charge in [-0.1, -0.05) is 60.7 Å². The first-order chi connectivity index (χ1) is 47.4. The summed E-state index contributed by atoms with van der Waals surface area (Å²) in [4.78, 5) is 106. The average Bonchev–Trinajstić information content (AvgIpc) is 1.64. The number of carbonyl (C=O) groups is 3. The van der Waals surface area contributed by atoms with Gasteiger partial charge in [0.05, 0.1) is 29.5 Å². The van der Waals surface area contributed by atoms with Crippen molar-refractivity contribution in [3.05, 3.63) is 145 Å². The third kappa shape index (κ3) is 16.7. The molecule has 9 aromatic heterocycles. The molecule has 5 N–H and O–H groups in total. The zero-order chi connectivity index (χ0) is 68.9. The molecular formula is C69H82N24O5. The van der Waals surface area contributed by atoms with Crippen LogP contribution in [0.3, 0.4) is 0 Å². The smallest absolute Gasteiger partial charge is 0.410 e. The standard InChI is InChI=1S/C24H26N8O.C21H28N8O2.C16H20N8.C8H8O2/c1-3-32-23(18-12-25-16(2)26-13-18)30-21-22(27-15-28-24(21)32)29-19-9-10-31(14-19)20(33)11-17-7-5-4-6-8-17;1-6-29-18(14-9-22-13(2)23-10-14)27-16-17(24-12-25-19(16)29)26-15-7-8-28(11-15)20(30)31-21(3,4)5;1-3-24-15(11-6-18-10(2)19-7-11)23-13-14(20-9-21-16(13)24)22-12-4-5-17-8-12;9-8(10)6-7-4-2-1-3-5-7/h4-8,12-13,15,19H,3,9-11,14H2,1-2H3,(H,27,28,29);9-10,12,15H,6-8,11H2,1-5H3,(H,24,25,26);6-7,9,12,17H,3-5,8H2,1-2H3,(H,20,21,22);1-5H,6H2,(H,9,10). The molecule has 0 bridgehead atoms. The van der Waals surface area contributed by atoms with Crippen LogP contribution in [-0.2, 0) is 46.8 Å². The zero-order valence-electron chi connectivity index (χ0n) is 56.6. The number of carbonyl (C=O) groups excluding carboxylic acids is 2. The van der Waals surface area contributed by atoms with E-state index in [2.05, 4.69) is 99.5 Å². The molecule has 0 radical (unpaired) electrons. The van der Waals surface area contributed by atoms with E-state index < -0.39 is 11.6 Å². The van der Waals surface area contributed by atoms with Crippen LogP contribution in [0, 0.1) is 20.8 Å². The van der Waals surface area contributed by atoms with Crippen molar-refractivity contribution in [2.24, 2.45) is 0 Å². The van der Waals surface area contributed by atoms with E-state index in [9.17, 15) is 14.4 Å². The van der Waals surface area contributed by atoms with Gasteiger partial charge < -0.3 is 54.6 Å². The first kappa shape index (κ1) is 68.3. The summed E-state index contributed by atoms with van der Waals surface area (Å²) in [6.45, 7) is 24.1. The molecule has 11 aromatic rings. The third-order valence-electron chi connectivity index (χ3n) is 16.5. The van der Waals surface area contributed by atoms with Crippen LogP contribution in [0.4, 0.5) is 22.2 Å². The lowest BCUT2D eigenvalue weighted by atomic mass is 10.1. The number of rotatable bonds is 16. The molecule has 3 aliphatic heterocycles. The van der Waals surface area contributed by atoms with Crippen molar-refractivity contribution in [1.29, 1.82) is 0 Å². The van der Waals surface area contributed by atoms with Crippen molar-refractivity contribution in [3.63, 3.8) is 0 Å². The summed E-state index contributed by atoms with van der Waals surface area (Å²) in [5, 5.41) is 22.2. The number of ether oxygens (including phenoxy) is 1. The molecule has 3 fully saturated rings. The minimum Gasteiger partial charge on any atom is -0.481 e. The molecule has 3 atom stereocenters. The van der Waals surface area contributed by atoms with Crippen LogP contribution >= 0.6 is 0 Å². The normalized spacial score (nSPS) is 15.8. The topological polar surface area (TPSA) is 343 Å². The second kappa shape index (κ2) is 31.2. The number of hydrogen-bond donors (Lipinski definition) is 5. The van der Waals surface area contributed by atoms with Gasteiger partial charge in [-0.15, -0.1) is 0 Å². The molecule has 3 saturated heterocycles. The summed E-state index contributed by atoms with van der Waals surface area (Å²) in [7, 11) is 0. The van der Waals surface area contributed by atoms with Crippen LogP contribution in [0.5, 0.6) is 0 Å². The van der Waals surface area contributed by atoms with Gasteiger partial charge in [0.1, 0.15) is 59.5 Å². The van der Waals surface area contributed by atoms with Gasteiger partial charge >= 0.3 is 12.1 Å². The molecule has 508 valence electrons. The summed E-state index contributed by atoms with van der Waals surface area (Å²) in [5.41, 5.74) is 8.46. The van der Waals surface area contributed by atoms with Crippen molar-refractivity contribution in [2.45, 2.75) is 138 Å². The van der Waals surface area contributed by atoms with Crippen LogP contribution in [0.1, 0.15) is 89.4 Å². The molecule has 29 nitrogen and oxygen atoms in total. The number of nitrogens with zero attached hydrogens (tertiary/aromatic N) is 20. The number of aliphatic carboxylic acids is 1. The number of aromatic nitrogens is 18. The lowest BCUT2D eigenvalue weighted by molar-refractivity contribution is -0.136. The van der Waals surface area contributed by atoms with E-state index in [1.807, 2.05) is 111 Å². The van der Waals surface area contributed by atoms with Crippen molar-refractivity contribution >= 4 is 68.9 Å². The maximum Gasteiger partial charge on any atom is 0.410 e. The van der Waals surface area contributed by atoms with E-state index in [0.29, 0.717) is 79.5 Å². The minimum atomic E-state index is -0.786. The van der Waals surface area contributed by atoms with E-state index in [4.69, 9.17) is 24.8 Å². The van der Waals surface area contributed by atoms with Gasteiger partial charge in [-0.25, -0.2) is 79.6 Å². The van der Waals surface area contributed by atoms with E-state index in [-0.39, 0.29) is 30.5 Å². The maximum atomic E-state index is 12.7. The number of hydrogen-bond acceptors (Lipinski definition) is 23. The number of amides is 2. The van der Waals surface area contributed by atoms with Crippen molar-refractivity contribution in [3.8, 4) is 34.2 Å². The summed E-state index contributed by atoms with van der Waals surface area (Å²) >= 11 is 0. The lowest BCUT2D eigenvalue weighted by Gasteiger charge is -2.24. The number of imidazole rings is 3. The van der Waals surface area contributed by atoms with E-state index >= 15 is 0 Å². The van der Waals surface area contributed by atoms with Crippen molar-refractivity contribution < 1.29 is 24.2 Å². The number of fused-ring (bicyclic) bond motifs is 3. The Morgan fingerprint density at radius 3 is 1.26 bits per heavy atom. The highest BCUT2D eigenvalue weighted by atomic mass is 16.6. The van der Waals surface area contributed by atoms with Gasteiger partial charge in [0.25, 0.3) is 0 Å². The highest BCUT2D eigenvalue weighted by Gasteiger charge is 2.32. The Morgan fingerprint density at radius 1 is 0.510 bits per heavy atom. The predicted octanol–water partition coefficient (Wildman–Crippen LogP) is 8.60. The maximum absolute atomic E-state index is 12.7. The number of aryl methyl sites for hydroxylation is 6. The first-order valence-electron chi connectivity index (χ1n) is 33.0. The van der Waals surface area contributed by atoms with Crippen molar-refractivity contribution in [1.82, 2.24) is 104 Å². The fourth-order valence-electron chi connectivity index (χ4n) is 11.7. The molecule has 3 aliphatic rings. The fraction of sp³-hybridized carbons (Fsp3) is 0.391. The molecule has 14 rings (SSSR count). The highest BCUT2D eigenvalue weighted by Crippen LogP contribution is 2.31. The number of anilines is 3. The highest BCUT2D eigenvalue weighted by molar-refractivity contribution is 5.89. The number of benzene rings is 2. The number of nitrogens with one attached hydrogen (secondary N) is 4. The molecule has 0 aliphatic carbocycles. The van der Waals surface area contributed by atoms with Gasteiger partial charge in [-0.2, -0.15) is 0 Å². The summed E-state index contributed by atoms with van der Waals surface area (Å²) in [6.07, 6.45) is 18.4. The van der Waals surface area contributed by atoms with Crippen LogP contribution in [0.2, 0.25) is 0 Å². The summed E-state index contributed by atoms with van der Waals surface area (Å²) < 4.78 is 11.6. The van der Waals surface area contributed by atoms with E-state index in [1.54, 1.807) is 66.9 Å². The van der Waals surface area contributed by atoms with Crippen LogP contribution in [-0.4, -0.2) is 184 Å². The number of carboxylic acid groups (broad SMARTS) is 1. The quantitative estimate of drug-likeness (QED) is 0.0604. The third-order valence-corrected chi connectivity index (χ3v) is 16.5. The Labute approximate surface area is 566 Å².